The average molecular weight is 216 g/mol. The van der Waals surface area contributed by atoms with Crippen LogP contribution < -0.4 is 0 Å². The Kier molecular flexibility index (Phi) is 2.69. The van der Waals surface area contributed by atoms with Gasteiger partial charge in [-0.25, -0.2) is 0 Å². The van der Waals surface area contributed by atoms with Crippen molar-refractivity contribution in [3.63, 3.8) is 0 Å². The summed E-state index contributed by atoms with van der Waals surface area (Å²) in [4.78, 5) is 35.2. The Morgan fingerprint density at radius 2 is 1.62 bits per heavy atom. The van der Waals surface area contributed by atoms with Crippen molar-refractivity contribution in [3.8, 4) is 0 Å². The zero-order valence-electron chi connectivity index (χ0n) is 8.97. The van der Waals surface area contributed by atoms with Crippen LogP contribution in [0.25, 0.3) is 0 Å². The minimum atomic E-state index is -0.862. The molecule has 2 atom stereocenters. The normalized spacial score (nSPS) is 25.2. The Labute approximate surface area is 93.5 Å². The number of benzene rings is 1. The number of rotatable bonds is 2. The van der Waals surface area contributed by atoms with E-state index in [-0.39, 0.29) is 5.78 Å². The van der Waals surface area contributed by atoms with Gasteiger partial charge in [0.25, 0.3) is 0 Å². The minimum absolute atomic E-state index is 0.247. The first-order valence-corrected chi connectivity index (χ1v) is 5.33. The van der Waals surface area contributed by atoms with Crippen LogP contribution in [0, 0.1) is 5.92 Å². The summed E-state index contributed by atoms with van der Waals surface area (Å²) in [6.45, 7) is 1.75. The van der Waals surface area contributed by atoms with Crippen LogP contribution in [0.1, 0.15) is 24.8 Å². The molecule has 0 aromatic heterocycles. The van der Waals surface area contributed by atoms with Gasteiger partial charge in [-0.3, -0.25) is 14.4 Å². The number of carbonyl (C=O) groups is 3. The van der Waals surface area contributed by atoms with E-state index in [0.717, 1.165) is 0 Å². The second-order valence-corrected chi connectivity index (χ2v) is 3.94. The highest BCUT2D eigenvalue weighted by molar-refractivity contribution is 6.52. The molecule has 0 amide bonds. The molecule has 0 unspecified atom stereocenters. The fourth-order valence-corrected chi connectivity index (χ4v) is 2.12. The molecule has 0 bridgehead atoms. The van der Waals surface area contributed by atoms with Gasteiger partial charge in [0, 0.05) is 0 Å². The Morgan fingerprint density at radius 1 is 1.00 bits per heavy atom. The van der Waals surface area contributed by atoms with Crippen molar-refractivity contribution >= 4 is 17.3 Å². The van der Waals surface area contributed by atoms with E-state index >= 15 is 0 Å². The summed E-state index contributed by atoms with van der Waals surface area (Å²) >= 11 is 0. The van der Waals surface area contributed by atoms with Crippen molar-refractivity contribution < 1.29 is 14.4 Å². The highest BCUT2D eigenvalue weighted by Crippen LogP contribution is 2.31. The van der Waals surface area contributed by atoms with Crippen molar-refractivity contribution in [2.24, 2.45) is 5.92 Å². The molecule has 1 fully saturated rings. The third-order valence-corrected chi connectivity index (χ3v) is 2.99. The first-order valence-electron chi connectivity index (χ1n) is 5.33. The van der Waals surface area contributed by atoms with E-state index in [1.165, 1.54) is 0 Å². The van der Waals surface area contributed by atoms with Crippen molar-refractivity contribution in [2.45, 2.75) is 19.3 Å². The summed E-state index contributed by atoms with van der Waals surface area (Å²) in [6.07, 6.45) is 0.409. The van der Waals surface area contributed by atoms with Gasteiger partial charge >= 0.3 is 0 Å². The fourth-order valence-electron chi connectivity index (χ4n) is 2.12. The van der Waals surface area contributed by atoms with E-state index in [9.17, 15) is 14.4 Å². The largest absolute Gasteiger partial charge is 0.298 e. The second-order valence-electron chi connectivity index (χ2n) is 3.94. The third-order valence-electron chi connectivity index (χ3n) is 2.99. The van der Waals surface area contributed by atoms with Crippen LogP contribution in [0.4, 0.5) is 0 Å². The Morgan fingerprint density at radius 3 is 2.12 bits per heavy atom. The number of ketones is 3. The van der Waals surface area contributed by atoms with Crippen molar-refractivity contribution in [1.29, 1.82) is 0 Å². The van der Waals surface area contributed by atoms with Gasteiger partial charge in [-0.1, -0.05) is 37.3 Å². The van der Waals surface area contributed by atoms with E-state index in [0.29, 0.717) is 12.0 Å². The standard InChI is InChI=1S/C13H12O3/c1-2-9-11(14)10(13(16)12(9)15)8-6-4-3-5-7-8/h3-7,9-10H,2H2,1H3/t9-,10-/m0/s1. The SMILES string of the molecule is CC[C@@H]1C(=O)C(=O)[C@@H](c2ccccc2)C1=O. The maximum Gasteiger partial charge on any atom is 0.214 e. The summed E-state index contributed by atoms with van der Waals surface area (Å²) in [5.74, 6) is -2.91. The van der Waals surface area contributed by atoms with E-state index in [2.05, 4.69) is 0 Å². The van der Waals surface area contributed by atoms with E-state index < -0.39 is 23.4 Å². The van der Waals surface area contributed by atoms with Crippen LogP contribution in [-0.2, 0) is 14.4 Å². The van der Waals surface area contributed by atoms with Gasteiger partial charge in [0.05, 0.1) is 5.92 Å². The van der Waals surface area contributed by atoms with Crippen LogP contribution in [0.15, 0.2) is 30.3 Å². The third kappa shape index (κ3) is 1.48. The molecule has 0 spiro atoms. The number of hydrogen-bond donors (Lipinski definition) is 0. The van der Waals surface area contributed by atoms with Gasteiger partial charge in [0.15, 0.2) is 5.78 Å². The van der Waals surface area contributed by atoms with Gasteiger partial charge in [0.2, 0.25) is 11.6 Å². The molecule has 0 radical (unpaired) electrons. The average Bonchev–Trinajstić information content (AvgIpc) is 2.51. The molecule has 82 valence electrons. The molecule has 1 aliphatic carbocycles. The minimum Gasteiger partial charge on any atom is -0.298 e. The van der Waals surface area contributed by atoms with Crippen molar-refractivity contribution in [2.75, 3.05) is 0 Å². The van der Waals surface area contributed by atoms with Gasteiger partial charge in [-0.05, 0) is 12.0 Å². The highest BCUT2D eigenvalue weighted by Gasteiger charge is 2.48. The number of carbonyl (C=O) groups excluding carboxylic acids is 3. The lowest BCUT2D eigenvalue weighted by molar-refractivity contribution is -0.136. The molecule has 0 saturated heterocycles. The van der Waals surface area contributed by atoms with Gasteiger partial charge in [-0.15, -0.1) is 0 Å². The maximum atomic E-state index is 11.9. The number of Topliss-reactive ketones (excluding diaryl/α,β-unsaturated/α-hetero) is 3. The lowest BCUT2D eigenvalue weighted by Crippen LogP contribution is -2.15. The molecule has 3 nitrogen and oxygen atoms in total. The van der Waals surface area contributed by atoms with Crippen LogP contribution in [0.2, 0.25) is 0 Å². The lowest BCUT2D eigenvalue weighted by Gasteiger charge is -2.06. The van der Waals surface area contributed by atoms with Gasteiger partial charge < -0.3 is 0 Å². The molecule has 1 aromatic carbocycles. The fraction of sp³-hybridized carbons (Fsp3) is 0.308. The highest BCUT2D eigenvalue weighted by atomic mass is 16.2. The molecule has 2 rings (SSSR count). The van der Waals surface area contributed by atoms with Gasteiger partial charge in [0.1, 0.15) is 5.92 Å². The Balaban J connectivity index is 2.41. The summed E-state index contributed by atoms with van der Waals surface area (Å²) in [7, 11) is 0. The predicted molar refractivity (Wildman–Crippen MR) is 58.0 cm³/mol. The smallest absolute Gasteiger partial charge is 0.214 e. The van der Waals surface area contributed by atoms with E-state index in [1.54, 1.807) is 31.2 Å². The van der Waals surface area contributed by atoms with Crippen molar-refractivity contribution in [3.05, 3.63) is 35.9 Å². The first-order chi connectivity index (χ1) is 7.66. The first kappa shape index (κ1) is 10.7. The summed E-state index contributed by atoms with van der Waals surface area (Å²) in [6, 6.07) is 8.77. The molecule has 1 aromatic rings. The van der Waals surface area contributed by atoms with Crippen LogP contribution in [0.5, 0.6) is 0 Å². The molecule has 1 saturated carbocycles. The molecule has 3 heteroatoms. The Hall–Kier alpha value is -1.77. The molecule has 0 heterocycles. The van der Waals surface area contributed by atoms with Crippen LogP contribution >= 0.6 is 0 Å². The van der Waals surface area contributed by atoms with E-state index in [4.69, 9.17) is 0 Å². The molecule has 16 heavy (non-hydrogen) atoms. The monoisotopic (exact) mass is 216 g/mol. The quantitative estimate of drug-likeness (QED) is 0.556. The van der Waals surface area contributed by atoms with E-state index in [1.807, 2.05) is 6.07 Å². The molecular weight excluding hydrogens is 204 g/mol. The topological polar surface area (TPSA) is 51.2 Å². The summed E-state index contributed by atoms with van der Waals surface area (Å²) in [5, 5.41) is 0. The Bertz CT molecular complexity index is 448. The zero-order chi connectivity index (χ0) is 11.7. The molecule has 0 aliphatic heterocycles. The van der Waals surface area contributed by atoms with Crippen molar-refractivity contribution in [1.82, 2.24) is 0 Å². The van der Waals surface area contributed by atoms with Crippen LogP contribution in [0.3, 0.4) is 0 Å². The molecule has 1 aliphatic rings. The van der Waals surface area contributed by atoms with Crippen LogP contribution in [-0.4, -0.2) is 17.3 Å². The maximum absolute atomic E-state index is 11.9. The summed E-state index contributed by atoms with van der Waals surface area (Å²) in [5.41, 5.74) is 0.627. The zero-order valence-corrected chi connectivity index (χ0v) is 8.97. The second kappa shape index (κ2) is 4.00. The summed E-state index contributed by atoms with van der Waals surface area (Å²) < 4.78 is 0. The van der Waals surface area contributed by atoms with Gasteiger partial charge in [-0.2, -0.15) is 0 Å². The molecule has 0 N–H and O–H groups in total. The predicted octanol–water partition coefficient (Wildman–Crippen LogP) is 1.52. The number of hydrogen-bond acceptors (Lipinski definition) is 3. The molecular formula is C13H12O3. The lowest BCUT2D eigenvalue weighted by atomic mass is 9.94.